The van der Waals surface area contributed by atoms with Crippen molar-refractivity contribution in [2.24, 2.45) is 5.92 Å². The Hall–Kier alpha value is -2.58. The van der Waals surface area contributed by atoms with Gasteiger partial charge in [-0.3, -0.25) is 4.79 Å². The maximum absolute atomic E-state index is 12.9. The van der Waals surface area contributed by atoms with Crippen molar-refractivity contribution in [1.29, 1.82) is 0 Å². The lowest BCUT2D eigenvalue weighted by Crippen LogP contribution is -2.43. The zero-order chi connectivity index (χ0) is 22.4. The van der Waals surface area contributed by atoms with E-state index in [1.54, 1.807) is 31.4 Å². The highest BCUT2D eigenvalue weighted by Gasteiger charge is 2.32. The maximum atomic E-state index is 12.9. The van der Waals surface area contributed by atoms with Crippen LogP contribution in [0.2, 0.25) is 0 Å². The molecule has 1 N–H and O–H groups in total. The van der Waals surface area contributed by atoms with E-state index in [9.17, 15) is 13.2 Å². The Morgan fingerprint density at radius 3 is 2.00 bits per heavy atom. The monoisotopic (exact) mass is 446 g/mol. The third-order valence-corrected chi connectivity index (χ3v) is 7.68. The van der Waals surface area contributed by atoms with E-state index in [1.807, 2.05) is 31.2 Å². The second-order valence-corrected chi connectivity index (χ2v) is 9.53. The number of benzene rings is 2. The zero-order valence-electron chi connectivity index (χ0n) is 18.2. The lowest BCUT2D eigenvalue weighted by Gasteiger charge is -2.31. The minimum atomic E-state index is -3.58. The van der Waals surface area contributed by atoms with E-state index in [2.05, 4.69) is 5.32 Å². The van der Waals surface area contributed by atoms with Crippen LogP contribution in [0.4, 0.5) is 0 Å². The predicted octanol–water partition coefficient (Wildman–Crippen LogP) is 3.37. The average molecular weight is 447 g/mol. The molecule has 31 heavy (non-hydrogen) atoms. The molecule has 0 spiro atoms. The van der Waals surface area contributed by atoms with E-state index in [-0.39, 0.29) is 22.8 Å². The number of ether oxygens (including phenoxy) is 2. The Morgan fingerprint density at radius 1 is 1.00 bits per heavy atom. The minimum Gasteiger partial charge on any atom is -0.497 e. The van der Waals surface area contributed by atoms with Crippen LogP contribution in [0.3, 0.4) is 0 Å². The summed E-state index contributed by atoms with van der Waals surface area (Å²) in [5.74, 6) is 1.16. The second-order valence-electron chi connectivity index (χ2n) is 7.60. The third-order valence-electron chi connectivity index (χ3n) is 5.76. The van der Waals surface area contributed by atoms with Crippen molar-refractivity contribution in [3.05, 3.63) is 54.1 Å². The van der Waals surface area contributed by atoms with Crippen molar-refractivity contribution >= 4 is 15.9 Å². The lowest BCUT2D eigenvalue weighted by molar-refractivity contribution is -0.126. The summed E-state index contributed by atoms with van der Waals surface area (Å²) >= 11 is 0. The molecular formula is C23H30N2O5S. The smallest absolute Gasteiger partial charge is 0.243 e. The standard InChI is InChI=1S/C23H30N2O5S/c1-4-22(17-5-7-19(29-2)8-6-17)24-23(26)18-13-15-25(16-14-18)31(27,28)21-11-9-20(30-3)10-12-21/h5-12,18,22H,4,13-16H2,1-3H3,(H,24,26)/t22-/m0/s1. The Balaban J connectivity index is 1.59. The van der Waals surface area contributed by atoms with E-state index in [4.69, 9.17) is 9.47 Å². The highest BCUT2D eigenvalue weighted by Crippen LogP contribution is 2.27. The molecular weight excluding hydrogens is 416 g/mol. The van der Waals surface area contributed by atoms with E-state index in [1.165, 1.54) is 11.4 Å². The molecule has 0 bridgehead atoms. The minimum absolute atomic E-state index is 0.0239. The van der Waals surface area contributed by atoms with Gasteiger partial charge in [0.05, 0.1) is 25.2 Å². The highest BCUT2D eigenvalue weighted by atomic mass is 32.2. The summed E-state index contributed by atoms with van der Waals surface area (Å²) in [5.41, 5.74) is 1.02. The Morgan fingerprint density at radius 2 is 1.52 bits per heavy atom. The third kappa shape index (κ3) is 5.37. The van der Waals surface area contributed by atoms with Crippen LogP contribution in [0.5, 0.6) is 11.5 Å². The fourth-order valence-corrected chi connectivity index (χ4v) is 5.27. The summed E-state index contributed by atoms with van der Waals surface area (Å²) < 4.78 is 37.5. The van der Waals surface area contributed by atoms with Gasteiger partial charge in [-0.2, -0.15) is 4.31 Å². The SMILES string of the molecule is CC[C@H](NC(=O)C1CCN(S(=O)(=O)c2ccc(OC)cc2)CC1)c1ccc(OC)cc1. The van der Waals surface area contributed by atoms with Gasteiger partial charge in [-0.25, -0.2) is 8.42 Å². The van der Waals surface area contributed by atoms with Gasteiger partial charge in [0, 0.05) is 19.0 Å². The first-order valence-electron chi connectivity index (χ1n) is 10.5. The molecule has 0 aliphatic carbocycles. The van der Waals surface area contributed by atoms with Crippen molar-refractivity contribution in [2.75, 3.05) is 27.3 Å². The molecule has 2 aromatic rings. The fourth-order valence-electron chi connectivity index (χ4n) is 3.80. The van der Waals surface area contributed by atoms with Gasteiger partial charge in [-0.15, -0.1) is 0 Å². The molecule has 168 valence electrons. The normalized spacial score (nSPS) is 16.5. The van der Waals surface area contributed by atoms with Gasteiger partial charge < -0.3 is 14.8 Å². The first-order valence-corrected chi connectivity index (χ1v) is 11.9. The van der Waals surface area contributed by atoms with Gasteiger partial charge in [0.1, 0.15) is 11.5 Å². The number of carbonyl (C=O) groups excluding carboxylic acids is 1. The summed E-state index contributed by atoms with van der Waals surface area (Å²) in [6.45, 7) is 2.68. The Bertz CT molecular complexity index is 966. The van der Waals surface area contributed by atoms with Crippen LogP contribution in [0.25, 0.3) is 0 Å². The maximum Gasteiger partial charge on any atom is 0.243 e. The van der Waals surface area contributed by atoms with Crippen LogP contribution in [-0.4, -0.2) is 45.9 Å². The molecule has 8 heteroatoms. The van der Waals surface area contributed by atoms with Crippen LogP contribution < -0.4 is 14.8 Å². The van der Waals surface area contributed by atoms with Crippen LogP contribution in [-0.2, 0) is 14.8 Å². The van der Waals surface area contributed by atoms with Gasteiger partial charge in [0.2, 0.25) is 15.9 Å². The number of sulfonamides is 1. The van der Waals surface area contributed by atoms with E-state index in [0.717, 1.165) is 17.7 Å². The number of piperidine rings is 1. The predicted molar refractivity (Wildman–Crippen MR) is 119 cm³/mol. The molecule has 0 radical (unpaired) electrons. The van der Waals surface area contributed by atoms with E-state index in [0.29, 0.717) is 31.7 Å². The Labute approximate surface area is 184 Å². The van der Waals surface area contributed by atoms with Crippen LogP contribution in [0.15, 0.2) is 53.4 Å². The molecule has 2 aromatic carbocycles. The molecule has 1 aliphatic heterocycles. The number of carbonyl (C=O) groups is 1. The van der Waals surface area contributed by atoms with E-state index >= 15 is 0 Å². The fraction of sp³-hybridized carbons (Fsp3) is 0.435. The van der Waals surface area contributed by atoms with Crippen molar-refractivity contribution in [1.82, 2.24) is 9.62 Å². The lowest BCUT2D eigenvalue weighted by atomic mass is 9.95. The largest absolute Gasteiger partial charge is 0.497 e. The number of nitrogens with one attached hydrogen (secondary N) is 1. The molecule has 1 fully saturated rings. The number of amides is 1. The molecule has 0 unspecified atom stereocenters. The van der Waals surface area contributed by atoms with Crippen LogP contribution in [0, 0.1) is 5.92 Å². The first kappa shape index (κ1) is 23.1. The van der Waals surface area contributed by atoms with Crippen molar-refractivity contribution in [3.8, 4) is 11.5 Å². The number of hydrogen-bond donors (Lipinski definition) is 1. The van der Waals surface area contributed by atoms with Gasteiger partial charge in [0.25, 0.3) is 0 Å². The topological polar surface area (TPSA) is 84.9 Å². The van der Waals surface area contributed by atoms with Gasteiger partial charge in [0.15, 0.2) is 0 Å². The summed E-state index contributed by atoms with van der Waals surface area (Å²) in [4.78, 5) is 13.1. The quantitative estimate of drug-likeness (QED) is 0.672. The van der Waals surface area contributed by atoms with E-state index < -0.39 is 10.0 Å². The summed E-state index contributed by atoms with van der Waals surface area (Å²) in [6.07, 6.45) is 1.77. The van der Waals surface area contributed by atoms with Crippen molar-refractivity contribution in [2.45, 2.75) is 37.1 Å². The van der Waals surface area contributed by atoms with Crippen molar-refractivity contribution in [3.63, 3.8) is 0 Å². The molecule has 1 saturated heterocycles. The highest BCUT2D eigenvalue weighted by molar-refractivity contribution is 7.89. The Kier molecular flexibility index (Phi) is 7.56. The van der Waals surface area contributed by atoms with Crippen molar-refractivity contribution < 1.29 is 22.7 Å². The first-order chi connectivity index (χ1) is 14.9. The van der Waals surface area contributed by atoms with Crippen LogP contribution in [0.1, 0.15) is 37.8 Å². The molecule has 1 heterocycles. The van der Waals surface area contributed by atoms with Gasteiger partial charge in [-0.05, 0) is 61.2 Å². The number of rotatable bonds is 8. The molecule has 1 aliphatic rings. The summed E-state index contributed by atoms with van der Waals surface area (Å²) in [7, 11) is -0.420. The number of nitrogens with zero attached hydrogens (tertiary/aromatic N) is 1. The molecule has 0 aromatic heterocycles. The van der Waals surface area contributed by atoms with Crippen LogP contribution >= 0.6 is 0 Å². The molecule has 7 nitrogen and oxygen atoms in total. The molecule has 0 saturated carbocycles. The number of hydrogen-bond acceptors (Lipinski definition) is 5. The molecule has 1 amide bonds. The molecule has 1 atom stereocenters. The summed E-state index contributed by atoms with van der Waals surface area (Å²) in [6, 6.07) is 14.0. The van der Waals surface area contributed by atoms with Gasteiger partial charge in [-0.1, -0.05) is 19.1 Å². The van der Waals surface area contributed by atoms with Gasteiger partial charge >= 0.3 is 0 Å². The zero-order valence-corrected chi connectivity index (χ0v) is 19.0. The number of methoxy groups -OCH3 is 2. The molecule has 3 rings (SSSR count). The summed E-state index contributed by atoms with van der Waals surface area (Å²) in [5, 5.41) is 3.13. The average Bonchev–Trinajstić information content (AvgIpc) is 2.82. The second kappa shape index (κ2) is 10.2.